The summed E-state index contributed by atoms with van der Waals surface area (Å²) < 4.78 is 56.7. The number of aryl methyl sites for hydroxylation is 3. The number of nitrogens with zero attached hydrogens (tertiary/aromatic N) is 1. The number of hydrogen-bond donors (Lipinski definition) is 1. The predicted octanol–water partition coefficient (Wildman–Crippen LogP) is 5.60. The fourth-order valence-electron chi connectivity index (χ4n) is 4.83. The first kappa shape index (κ1) is 25.0. The minimum Gasteiger partial charge on any atom is -0.323 e. The van der Waals surface area contributed by atoms with Crippen molar-refractivity contribution in [3.05, 3.63) is 82.9 Å². The van der Waals surface area contributed by atoms with Crippen LogP contribution < -0.4 is 5.32 Å². The molecule has 1 heterocycles. The smallest absolute Gasteiger partial charge is 0.243 e. The van der Waals surface area contributed by atoms with Crippen LogP contribution in [0, 0.1) is 38.3 Å². The molecule has 1 aliphatic rings. The van der Waals surface area contributed by atoms with E-state index in [-0.39, 0.29) is 24.3 Å². The number of halogens is 2. The summed E-state index contributed by atoms with van der Waals surface area (Å²) in [5.41, 5.74) is 3.14. The predicted molar refractivity (Wildman–Crippen MR) is 133 cm³/mol. The van der Waals surface area contributed by atoms with Crippen molar-refractivity contribution in [3.63, 3.8) is 0 Å². The molecule has 0 atom stereocenters. The first-order chi connectivity index (χ1) is 16.6. The van der Waals surface area contributed by atoms with E-state index in [0.717, 1.165) is 11.6 Å². The van der Waals surface area contributed by atoms with E-state index in [1.807, 2.05) is 19.1 Å². The third-order valence-corrected chi connectivity index (χ3v) is 8.62. The molecule has 184 valence electrons. The zero-order valence-corrected chi connectivity index (χ0v) is 20.8. The molecule has 1 fully saturated rings. The Morgan fingerprint density at radius 2 is 1.54 bits per heavy atom. The third kappa shape index (κ3) is 5.13. The number of benzene rings is 3. The highest BCUT2D eigenvalue weighted by molar-refractivity contribution is 7.89. The summed E-state index contributed by atoms with van der Waals surface area (Å²) in [5.74, 6) is -2.50. The zero-order chi connectivity index (χ0) is 25.3. The Morgan fingerprint density at radius 1 is 0.943 bits per heavy atom. The number of hydrogen-bond acceptors (Lipinski definition) is 3. The van der Waals surface area contributed by atoms with Crippen LogP contribution in [0.25, 0.3) is 11.1 Å². The number of carbonyl (C=O) groups is 1. The number of amides is 1. The molecule has 0 unspecified atom stereocenters. The molecule has 3 aromatic rings. The lowest BCUT2D eigenvalue weighted by Crippen LogP contribution is -2.41. The van der Waals surface area contributed by atoms with E-state index in [1.165, 1.54) is 10.4 Å². The van der Waals surface area contributed by atoms with Gasteiger partial charge in [-0.2, -0.15) is 4.31 Å². The molecule has 35 heavy (non-hydrogen) atoms. The molecule has 0 spiro atoms. The van der Waals surface area contributed by atoms with Crippen LogP contribution in [0.5, 0.6) is 0 Å². The molecule has 0 saturated carbocycles. The highest BCUT2D eigenvalue weighted by atomic mass is 32.2. The third-order valence-electron chi connectivity index (χ3n) is 6.42. The Morgan fingerprint density at radius 3 is 2.14 bits per heavy atom. The molecule has 8 heteroatoms. The summed E-state index contributed by atoms with van der Waals surface area (Å²) >= 11 is 0. The second-order valence-electron chi connectivity index (χ2n) is 9.07. The number of piperidine rings is 1. The normalized spacial score (nSPS) is 15.2. The van der Waals surface area contributed by atoms with Crippen molar-refractivity contribution in [2.24, 2.45) is 5.92 Å². The minimum absolute atomic E-state index is 0.0800. The number of nitrogens with one attached hydrogen (secondary N) is 1. The standard InChI is InChI=1S/C27H28F2N2O3S/c1-17-13-18(2)26(19(3)14-17)35(33,34)31-11-9-21(10-12-31)27(32)30-25-23(15-22(28)16-24(25)29)20-7-5-4-6-8-20/h4-8,13-16,21H,9-12H2,1-3H3,(H,30,32). The summed E-state index contributed by atoms with van der Waals surface area (Å²) in [6.45, 7) is 5.87. The Labute approximate surface area is 204 Å². The van der Waals surface area contributed by atoms with Crippen molar-refractivity contribution < 1.29 is 22.0 Å². The van der Waals surface area contributed by atoms with Crippen LogP contribution in [-0.2, 0) is 14.8 Å². The van der Waals surface area contributed by atoms with Gasteiger partial charge in [-0.1, -0.05) is 48.0 Å². The summed E-state index contributed by atoms with van der Waals surface area (Å²) in [5, 5.41) is 2.64. The molecular weight excluding hydrogens is 470 g/mol. The van der Waals surface area contributed by atoms with Crippen LogP contribution in [0.1, 0.15) is 29.5 Å². The molecule has 4 rings (SSSR count). The average molecular weight is 499 g/mol. The summed E-state index contributed by atoms with van der Waals surface area (Å²) in [4.78, 5) is 13.3. The highest BCUT2D eigenvalue weighted by Gasteiger charge is 2.34. The largest absolute Gasteiger partial charge is 0.323 e. The Kier molecular flexibility index (Phi) is 7.05. The van der Waals surface area contributed by atoms with Gasteiger partial charge in [0.1, 0.15) is 11.6 Å². The zero-order valence-electron chi connectivity index (χ0n) is 19.9. The SMILES string of the molecule is Cc1cc(C)c(S(=O)(=O)N2CCC(C(=O)Nc3c(F)cc(F)cc3-c3ccccc3)CC2)c(C)c1. The van der Waals surface area contributed by atoms with Crippen LogP contribution in [0.4, 0.5) is 14.5 Å². The number of sulfonamides is 1. The summed E-state index contributed by atoms with van der Waals surface area (Å²) in [6.07, 6.45) is 0.608. The molecule has 3 aromatic carbocycles. The molecular formula is C27H28F2N2O3S. The van der Waals surface area contributed by atoms with Crippen LogP contribution in [-0.4, -0.2) is 31.7 Å². The maximum Gasteiger partial charge on any atom is 0.243 e. The molecule has 5 nitrogen and oxygen atoms in total. The molecule has 1 aliphatic heterocycles. The van der Waals surface area contributed by atoms with Crippen molar-refractivity contribution in [1.82, 2.24) is 4.31 Å². The average Bonchev–Trinajstić information content (AvgIpc) is 2.80. The highest BCUT2D eigenvalue weighted by Crippen LogP contribution is 2.33. The van der Waals surface area contributed by atoms with E-state index >= 15 is 0 Å². The van der Waals surface area contributed by atoms with Gasteiger partial charge in [-0.3, -0.25) is 4.79 Å². The van der Waals surface area contributed by atoms with Crippen LogP contribution in [0.15, 0.2) is 59.5 Å². The lowest BCUT2D eigenvalue weighted by atomic mass is 9.96. The minimum atomic E-state index is -3.70. The number of anilines is 1. The fraction of sp³-hybridized carbons (Fsp3) is 0.296. The maximum atomic E-state index is 14.7. The first-order valence-corrected chi connectivity index (χ1v) is 12.9. The monoisotopic (exact) mass is 498 g/mol. The van der Waals surface area contributed by atoms with Gasteiger partial charge in [0.2, 0.25) is 15.9 Å². The van der Waals surface area contributed by atoms with Crippen LogP contribution in [0.2, 0.25) is 0 Å². The van der Waals surface area contributed by atoms with Crippen LogP contribution >= 0.6 is 0 Å². The fourth-order valence-corrected chi connectivity index (χ4v) is 6.71. The Bertz CT molecular complexity index is 1340. The molecule has 1 amide bonds. The van der Waals surface area contributed by atoms with Crippen molar-refractivity contribution in [2.45, 2.75) is 38.5 Å². The van der Waals surface area contributed by atoms with Crippen molar-refractivity contribution in [2.75, 3.05) is 18.4 Å². The molecule has 0 bridgehead atoms. The van der Waals surface area contributed by atoms with Gasteiger partial charge in [-0.25, -0.2) is 17.2 Å². The van der Waals surface area contributed by atoms with Gasteiger partial charge in [0, 0.05) is 30.6 Å². The van der Waals surface area contributed by atoms with Gasteiger partial charge in [0.15, 0.2) is 0 Å². The van der Waals surface area contributed by atoms with Crippen molar-refractivity contribution in [3.8, 4) is 11.1 Å². The summed E-state index contributed by atoms with van der Waals surface area (Å²) in [6, 6.07) is 14.3. The van der Waals surface area contributed by atoms with E-state index in [0.29, 0.717) is 34.4 Å². The van der Waals surface area contributed by atoms with Gasteiger partial charge < -0.3 is 5.32 Å². The lowest BCUT2D eigenvalue weighted by Gasteiger charge is -2.31. The second kappa shape index (κ2) is 9.87. The van der Waals surface area contributed by atoms with E-state index in [4.69, 9.17) is 0 Å². The quantitative estimate of drug-likeness (QED) is 0.498. The Hall–Kier alpha value is -3.10. The van der Waals surface area contributed by atoms with Gasteiger partial charge in [0.25, 0.3) is 0 Å². The molecule has 0 aliphatic carbocycles. The van der Waals surface area contributed by atoms with Gasteiger partial charge in [-0.05, 0) is 56.4 Å². The Balaban J connectivity index is 1.50. The van der Waals surface area contributed by atoms with Gasteiger partial charge in [-0.15, -0.1) is 0 Å². The number of carbonyl (C=O) groups excluding carboxylic acids is 1. The first-order valence-electron chi connectivity index (χ1n) is 11.5. The van der Waals surface area contributed by atoms with E-state index in [2.05, 4.69) is 5.32 Å². The topological polar surface area (TPSA) is 66.5 Å². The molecule has 0 radical (unpaired) electrons. The van der Waals surface area contributed by atoms with Crippen LogP contribution in [0.3, 0.4) is 0 Å². The molecule has 0 aromatic heterocycles. The van der Waals surface area contributed by atoms with Gasteiger partial charge >= 0.3 is 0 Å². The van der Waals surface area contributed by atoms with E-state index < -0.39 is 33.5 Å². The lowest BCUT2D eigenvalue weighted by molar-refractivity contribution is -0.120. The molecule has 1 N–H and O–H groups in total. The van der Waals surface area contributed by atoms with E-state index in [9.17, 15) is 22.0 Å². The van der Waals surface area contributed by atoms with Crippen molar-refractivity contribution in [1.29, 1.82) is 0 Å². The maximum absolute atomic E-state index is 14.7. The summed E-state index contributed by atoms with van der Waals surface area (Å²) in [7, 11) is -3.70. The van der Waals surface area contributed by atoms with Gasteiger partial charge in [0.05, 0.1) is 10.6 Å². The van der Waals surface area contributed by atoms with E-state index in [1.54, 1.807) is 44.2 Å². The second-order valence-corrected chi connectivity index (χ2v) is 10.9. The number of rotatable bonds is 5. The molecule has 1 saturated heterocycles. The van der Waals surface area contributed by atoms with Crippen molar-refractivity contribution >= 4 is 21.6 Å².